The van der Waals surface area contributed by atoms with Gasteiger partial charge >= 0.3 is 0 Å². The highest BCUT2D eigenvalue weighted by molar-refractivity contribution is 7.98. The third-order valence-corrected chi connectivity index (χ3v) is 4.66. The molecular formula is C16H15F2NS. The van der Waals surface area contributed by atoms with Crippen molar-refractivity contribution in [3.05, 3.63) is 64.7 Å². The van der Waals surface area contributed by atoms with Crippen molar-refractivity contribution in [2.45, 2.75) is 18.7 Å². The summed E-state index contributed by atoms with van der Waals surface area (Å²) in [5, 5.41) is 3.04. The number of anilines is 1. The van der Waals surface area contributed by atoms with Gasteiger partial charge in [0.15, 0.2) is 5.82 Å². The first-order valence-corrected chi connectivity index (χ1v) is 7.69. The summed E-state index contributed by atoms with van der Waals surface area (Å²) >= 11 is 1.77. The summed E-state index contributed by atoms with van der Waals surface area (Å²) in [5.41, 5.74) is 2.79. The molecule has 20 heavy (non-hydrogen) atoms. The Kier molecular flexibility index (Phi) is 3.66. The van der Waals surface area contributed by atoms with Crippen molar-refractivity contribution in [3.8, 4) is 0 Å². The number of thioether (sulfide) groups is 1. The molecule has 2 aromatic carbocycles. The van der Waals surface area contributed by atoms with Gasteiger partial charge in [-0.15, -0.1) is 0 Å². The van der Waals surface area contributed by atoms with Crippen LogP contribution in [-0.4, -0.2) is 5.75 Å². The van der Waals surface area contributed by atoms with E-state index < -0.39 is 11.6 Å². The summed E-state index contributed by atoms with van der Waals surface area (Å²) in [6.07, 6.45) is 0. The Morgan fingerprint density at radius 3 is 2.80 bits per heavy atom. The van der Waals surface area contributed by atoms with Crippen molar-refractivity contribution in [2.75, 3.05) is 11.1 Å². The molecule has 0 spiro atoms. The molecule has 0 saturated carbocycles. The van der Waals surface area contributed by atoms with E-state index in [1.165, 1.54) is 17.7 Å². The van der Waals surface area contributed by atoms with Crippen LogP contribution >= 0.6 is 11.8 Å². The Morgan fingerprint density at radius 2 is 1.95 bits per heavy atom. The summed E-state index contributed by atoms with van der Waals surface area (Å²) in [7, 11) is 0. The van der Waals surface area contributed by atoms with Crippen LogP contribution in [0.2, 0.25) is 0 Å². The van der Waals surface area contributed by atoms with E-state index in [0.717, 1.165) is 17.1 Å². The average Bonchev–Trinajstić information content (AvgIpc) is 2.48. The normalized spacial score (nSPS) is 17.6. The summed E-state index contributed by atoms with van der Waals surface area (Å²) in [5.74, 6) is 0.718. The maximum absolute atomic E-state index is 14.1. The van der Waals surface area contributed by atoms with Gasteiger partial charge in [0.25, 0.3) is 0 Å². The Hall–Kier alpha value is -1.55. The number of hydrogen-bond acceptors (Lipinski definition) is 2. The molecule has 1 aliphatic heterocycles. The lowest BCUT2D eigenvalue weighted by molar-refractivity contribution is 0.579. The second kappa shape index (κ2) is 5.44. The fraction of sp³-hybridized carbons (Fsp3) is 0.250. The second-order valence-electron chi connectivity index (χ2n) is 4.96. The highest BCUT2D eigenvalue weighted by atomic mass is 32.2. The topological polar surface area (TPSA) is 12.0 Å². The van der Waals surface area contributed by atoms with Gasteiger partial charge in [0.1, 0.15) is 11.5 Å². The van der Waals surface area contributed by atoms with Crippen molar-refractivity contribution in [3.63, 3.8) is 0 Å². The van der Waals surface area contributed by atoms with Crippen LogP contribution in [0.15, 0.2) is 36.4 Å². The lowest BCUT2D eigenvalue weighted by Crippen LogP contribution is -2.20. The fourth-order valence-corrected chi connectivity index (χ4v) is 3.56. The van der Waals surface area contributed by atoms with Crippen molar-refractivity contribution >= 4 is 17.4 Å². The maximum atomic E-state index is 14.1. The highest BCUT2D eigenvalue weighted by Gasteiger charge is 2.22. The largest absolute Gasteiger partial charge is 0.373 e. The molecule has 1 heterocycles. The third kappa shape index (κ3) is 2.40. The van der Waals surface area contributed by atoms with Crippen LogP contribution in [0.25, 0.3) is 0 Å². The predicted molar refractivity (Wildman–Crippen MR) is 80.1 cm³/mol. The molecule has 0 amide bonds. The fourth-order valence-electron chi connectivity index (χ4n) is 2.46. The monoisotopic (exact) mass is 291 g/mol. The van der Waals surface area contributed by atoms with Crippen LogP contribution in [0.1, 0.15) is 22.7 Å². The standard InChI is InChI=1S/C16H15F2NS/c1-10-6-7-13(17)16(15(10)18)19-14-9-20-8-11-4-2-3-5-12(11)14/h2-7,14,19H,8-9H2,1H3. The second-order valence-corrected chi connectivity index (χ2v) is 5.99. The van der Waals surface area contributed by atoms with E-state index >= 15 is 0 Å². The number of halogens is 2. The van der Waals surface area contributed by atoms with Crippen molar-refractivity contribution in [2.24, 2.45) is 0 Å². The number of benzene rings is 2. The smallest absolute Gasteiger partial charge is 0.152 e. The summed E-state index contributed by atoms with van der Waals surface area (Å²) < 4.78 is 27.9. The van der Waals surface area contributed by atoms with Gasteiger partial charge in [0.2, 0.25) is 0 Å². The Bertz CT molecular complexity index is 642. The molecule has 4 heteroatoms. The predicted octanol–water partition coefficient (Wildman–Crippen LogP) is 4.67. The van der Waals surface area contributed by atoms with Crippen LogP contribution < -0.4 is 5.32 Å². The van der Waals surface area contributed by atoms with E-state index in [4.69, 9.17) is 0 Å². The number of rotatable bonds is 2. The first-order valence-electron chi connectivity index (χ1n) is 6.53. The van der Waals surface area contributed by atoms with Gasteiger partial charge in [0.05, 0.1) is 6.04 Å². The van der Waals surface area contributed by atoms with Crippen molar-refractivity contribution in [1.29, 1.82) is 0 Å². The van der Waals surface area contributed by atoms with E-state index in [9.17, 15) is 8.78 Å². The third-order valence-electron chi connectivity index (χ3n) is 3.58. The molecule has 0 saturated heterocycles. The van der Waals surface area contributed by atoms with Crippen molar-refractivity contribution < 1.29 is 8.78 Å². The molecule has 0 bridgehead atoms. The van der Waals surface area contributed by atoms with Crippen LogP contribution in [0.3, 0.4) is 0 Å². The van der Waals surface area contributed by atoms with Gasteiger partial charge in [-0.2, -0.15) is 11.8 Å². The molecule has 1 atom stereocenters. The van der Waals surface area contributed by atoms with E-state index in [0.29, 0.717) is 5.56 Å². The molecule has 1 unspecified atom stereocenters. The van der Waals surface area contributed by atoms with E-state index in [1.807, 2.05) is 18.2 Å². The molecule has 1 N–H and O–H groups in total. The number of aryl methyl sites for hydroxylation is 1. The maximum Gasteiger partial charge on any atom is 0.152 e. The summed E-state index contributed by atoms with van der Waals surface area (Å²) in [6.45, 7) is 1.64. The van der Waals surface area contributed by atoms with Gasteiger partial charge in [-0.1, -0.05) is 30.3 Å². The molecule has 104 valence electrons. The highest BCUT2D eigenvalue weighted by Crippen LogP contribution is 2.35. The first-order chi connectivity index (χ1) is 9.66. The van der Waals surface area contributed by atoms with E-state index in [1.54, 1.807) is 18.7 Å². The van der Waals surface area contributed by atoms with Gasteiger partial charge < -0.3 is 5.32 Å². The van der Waals surface area contributed by atoms with Gasteiger partial charge in [-0.3, -0.25) is 0 Å². The van der Waals surface area contributed by atoms with Gasteiger partial charge in [-0.25, -0.2) is 8.78 Å². The molecule has 2 aromatic rings. The first kappa shape index (κ1) is 13.4. The number of fused-ring (bicyclic) bond motifs is 1. The van der Waals surface area contributed by atoms with Crippen molar-refractivity contribution in [1.82, 2.24) is 0 Å². The lowest BCUT2D eigenvalue weighted by Gasteiger charge is -2.27. The van der Waals surface area contributed by atoms with Gasteiger partial charge in [-0.05, 0) is 29.7 Å². The van der Waals surface area contributed by atoms with E-state index in [-0.39, 0.29) is 11.7 Å². The number of hydrogen-bond donors (Lipinski definition) is 1. The zero-order chi connectivity index (χ0) is 14.1. The molecule has 3 rings (SSSR count). The van der Waals surface area contributed by atoms with Gasteiger partial charge in [0, 0.05) is 11.5 Å². The Balaban J connectivity index is 1.96. The molecule has 1 aliphatic rings. The van der Waals surface area contributed by atoms with Crippen LogP contribution in [0.4, 0.5) is 14.5 Å². The summed E-state index contributed by atoms with van der Waals surface area (Å²) in [6, 6.07) is 10.8. The Labute approximate surface area is 121 Å². The average molecular weight is 291 g/mol. The van der Waals surface area contributed by atoms with E-state index in [2.05, 4.69) is 11.4 Å². The minimum atomic E-state index is -0.541. The minimum absolute atomic E-state index is 0.0210. The van der Waals surface area contributed by atoms with Crippen LogP contribution in [0.5, 0.6) is 0 Å². The Morgan fingerprint density at radius 1 is 1.15 bits per heavy atom. The van der Waals surface area contributed by atoms with Crippen LogP contribution in [-0.2, 0) is 5.75 Å². The lowest BCUT2D eigenvalue weighted by atomic mass is 10.0. The molecule has 1 nitrogen and oxygen atoms in total. The SMILES string of the molecule is Cc1ccc(F)c(NC2CSCc3ccccc32)c1F. The summed E-state index contributed by atoms with van der Waals surface area (Å²) in [4.78, 5) is 0. The zero-order valence-corrected chi connectivity index (χ0v) is 11.9. The van der Waals surface area contributed by atoms with Crippen LogP contribution in [0, 0.1) is 18.6 Å². The molecule has 0 aromatic heterocycles. The molecule has 0 fully saturated rings. The zero-order valence-electron chi connectivity index (χ0n) is 11.1. The molecular weight excluding hydrogens is 276 g/mol. The molecule has 0 aliphatic carbocycles. The quantitative estimate of drug-likeness (QED) is 0.862. The molecule has 0 radical (unpaired) electrons. The number of nitrogens with one attached hydrogen (secondary N) is 1. The minimum Gasteiger partial charge on any atom is -0.373 e.